The van der Waals surface area contributed by atoms with Crippen molar-refractivity contribution in [2.75, 3.05) is 0 Å². The number of benzene rings is 2. The zero-order valence-electron chi connectivity index (χ0n) is 10.6. The smallest absolute Gasteiger partial charge is 0.153 e. The number of carbonyl (C=O) groups excluding carboxylic acids is 1. The molecule has 0 radical (unpaired) electrons. The van der Waals surface area contributed by atoms with Gasteiger partial charge >= 0.3 is 0 Å². The van der Waals surface area contributed by atoms with Gasteiger partial charge in [0.2, 0.25) is 0 Å². The largest absolute Gasteiger partial charge is 0.508 e. The summed E-state index contributed by atoms with van der Waals surface area (Å²) in [5, 5.41) is 13.8. The van der Waals surface area contributed by atoms with E-state index in [-0.39, 0.29) is 5.75 Å². The number of para-hydroxylation sites is 1. The molecule has 0 saturated carbocycles. The molecular formula is C16H12N2O2. The van der Waals surface area contributed by atoms with Gasteiger partial charge < -0.3 is 5.11 Å². The molecule has 4 nitrogen and oxygen atoms in total. The number of aromatic hydroxyl groups is 1. The average Bonchev–Trinajstić information content (AvgIpc) is 2.93. The lowest BCUT2D eigenvalue weighted by molar-refractivity contribution is 0.112. The third-order valence-corrected chi connectivity index (χ3v) is 3.03. The summed E-state index contributed by atoms with van der Waals surface area (Å²) < 4.78 is 1.67. The van der Waals surface area contributed by atoms with Crippen molar-refractivity contribution in [2.24, 2.45) is 0 Å². The quantitative estimate of drug-likeness (QED) is 0.740. The standard InChI is InChI=1S/C16H12N2O2/c19-11-13-10-18(14-4-2-1-3-5-14)17-16(13)12-6-8-15(20)9-7-12/h1-11,20H. The van der Waals surface area contributed by atoms with Crippen LogP contribution in [0.3, 0.4) is 0 Å². The van der Waals surface area contributed by atoms with E-state index in [0.717, 1.165) is 17.5 Å². The molecule has 0 bridgehead atoms. The lowest BCUT2D eigenvalue weighted by Crippen LogP contribution is -1.93. The molecule has 20 heavy (non-hydrogen) atoms. The summed E-state index contributed by atoms with van der Waals surface area (Å²) in [5.74, 6) is 0.184. The summed E-state index contributed by atoms with van der Waals surface area (Å²) in [5.41, 5.74) is 2.80. The maximum atomic E-state index is 11.2. The highest BCUT2D eigenvalue weighted by Gasteiger charge is 2.11. The summed E-state index contributed by atoms with van der Waals surface area (Å²) in [6.07, 6.45) is 2.49. The monoisotopic (exact) mass is 264 g/mol. The van der Waals surface area contributed by atoms with Gasteiger partial charge in [-0.2, -0.15) is 5.10 Å². The van der Waals surface area contributed by atoms with Crippen LogP contribution >= 0.6 is 0 Å². The summed E-state index contributed by atoms with van der Waals surface area (Å²) in [6.45, 7) is 0. The van der Waals surface area contributed by atoms with Crippen LogP contribution < -0.4 is 0 Å². The number of aromatic nitrogens is 2. The highest BCUT2D eigenvalue weighted by atomic mass is 16.3. The van der Waals surface area contributed by atoms with Crippen molar-refractivity contribution in [3.8, 4) is 22.7 Å². The van der Waals surface area contributed by atoms with Crippen molar-refractivity contribution < 1.29 is 9.90 Å². The first-order valence-electron chi connectivity index (χ1n) is 6.17. The highest BCUT2D eigenvalue weighted by Crippen LogP contribution is 2.24. The van der Waals surface area contributed by atoms with E-state index >= 15 is 0 Å². The minimum Gasteiger partial charge on any atom is -0.508 e. The van der Waals surface area contributed by atoms with E-state index in [4.69, 9.17) is 0 Å². The molecule has 1 heterocycles. The topological polar surface area (TPSA) is 55.1 Å². The van der Waals surface area contributed by atoms with Crippen LogP contribution in [0.4, 0.5) is 0 Å². The van der Waals surface area contributed by atoms with Crippen molar-refractivity contribution in [3.05, 3.63) is 66.4 Å². The molecule has 0 atom stereocenters. The third kappa shape index (κ3) is 2.19. The number of aldehydes is 1. The molecule has 0 unspecified atom stereocenters. The summed E-state index contributed by atoms with van der Waals surface area (Å²) in [7, 11) is 0. The fourth-order valence-corrected chi connectivity index (χ4v) is 2.03. The number of hydrogen-bond acceptors (Lipinski definition) is 3. The van der Waals surface area contributed by atoms with Crippen LogP contribution in [-0.4, -0.2) is 21.2 Å². The zero-order valence-corrected chi connectivity index (χ0v) is 10.6. The highest BCUT2D eigenvalue weighted by molar-refractivity contribution is 5.85. The number of phenols is 1. The van der Waals surface area contributed by atoms with Gasteiger partial charge in [0.15, 0.2) is 6.29 Å². The van der Waals surface area contributed by atoms with E-state index in [1.165, 1.54) is 0 Å². The Bertz CT molecular complexity index is 731. The maximum absolute atomic E-state index is 11.2. The molecule has 1 aromatic heterocycles. The van der Waals surface area contributed by atoms with Gasteiger partial charge in [-0.15, -0.1) is 0 Å². The van der Waals surface area contributed by atoms with Gasteiger partial charge in [-0.3, -0.25) is 4.79 Å². The Hall–Kier alpha value is -2.88. The van der Waals surface area contributed by atoms with E-state index in [2.05, 4.69) is 5.10 Å². The molecule has 4 heteroatoms. The molecule has 98 valence electrons. The minimum absolute atomic E-state index is 0.184. The molecule has 0 saturated heterocycles. The molecule has 0 spiro atoms. The lowest BCUT2D eigenvalue weighted by atomic mass is 10.1. The Balaban J connectivity index is 2.10. The van der Waals surface area contributed by atoms with Crippen LogP contribution in [0.1, 0.15) is 10.4 Å². The van der Waals surface area contributed by atoms with Gasteiger partial charge in [-0.05, 0) is 36.4 Å². The van der Waals surface area contributed by atoms with Crippen molar-refractivity contribution in [2.45, 2.75) is 0 Å². The molecule has 0 aliphatic heterocycles. The summed E-state index contributed by atoms with van der Waals surface area (Å²) in [4.78, 5) is 11.2. The molecule has 2 aromatic carbocycles. The maximum Gasteiger partial charge on any atom is 0.153 e. The lowest BCUT2D eigenvalue weighted by Gasteiger charge is -2.00. The van der Waals surface area contributed by atoms with Crippen LogP contribution in [0.2, 0.25) is 0 Å². The molecule has 0 amide bonds. The number of phenolic OH excluding ortho intramolecular Hbond substituents is 1. The van der Waals surface area contributed by atoms with Crippen LogP contribution in [0, 0.1) is 0 Å². The van der Waals surface area contributed by atoms with Crippen LogP contribution in [-0.2, 0) is 0 Å². The Morgan fingerprint density at radius 1 is 1.00 bits per heavy atom. The minimum atomic E-state index is 0.184. The predicted molar refractivity (Wildman–Crippen MR) is 76.1 cm³/mol. The number of hydrogen-bond donors (Lipinski definition) is 1. The second-order valence-corrected chi connectivity index (χ2v) is 4.38. The number of rotatable bonds is 3. The fraction of sp³-hybridized carbons (Fsp3) is 0. The van der Waals surface area contributed by atoms with Gasteiger partial charge in [0.05, 0.1) is 11.3 Å². The molecule has 3 rings (SSSR count). The molecule has 3 aromatic rings. The second-order valence-electron chi connectivity index (χ2n) is 4.38. The molecule has 0 aliphatic rings. The first-order valence-corrected chi connectivity index (χ1v) is 6.17. The SMILES string of the molecule is O=Cc1cn(-c2ccccc2)nc1-c1ccc(O)cc1. The molecule has 0 fully saturated rings. The second kappa shape index (κ2) is 5.01. The normalized spacial score (nSPS) is 10.4. The number of carbonyl (C=O) groups is 1. The first kappa shape index (κ1) is 12.2. The predicted octanol–water partition coefficient (Wildman–Crippen LogP) is 3.06. The fourth-order valence-electron chi connectivity index (χ4n) is 2.03. The van der Waals surface area contributed by atoms with Crippen molar-refractivity contribution in [1.82, 2.24) is 9.78 Å². The van der Waals surface area contributed by atoms with Gasteiger partial charge in [-0.1, -0.05) is 18.2 Å². The van der Waals surface area contributed by atoms with Gasteiger partial charge in [0.1, 0.15) is 11.4 Å². The third-order valence-electron chi connectivity index (χ3n) is 3.03. The van der Waals surface area contributed by atoms with E-state index in [1.807, 2.05) is 30.3 Å². The van der Waals surface area contributed by atoms with E-state index < -0.39 is 0 Å². The Morgan fingerprint density at radius 2 is 1.70 bits per heavy atom. The summed E-state index contributed by atoms with van der Waals surface area (Å²) in [6, 6.07) is 16.2. The van der Waals surface area contributed by atoms with Gasteiger partial charge in [0, 0.05) is 11.8 Å². The zero-order chi connectivity index (χ0) is 13.9. The summed E-state index contributed by atoms with van der Waals surface area (Å²) >= 11 is 0. The van der Waals surface area contributed by atoms with Crippen molar-refractivity contribution in [1.29, 1.82) is 0 Å². The first-order chi connectivity index (χ1) is 9.78. The van der Waals surface area contributed by atoms with Crippen molar-refractivity contribution >= 4 is 6.29 Å². The van der Waals surface area contributed by atoms with Crippen molar-refractivity contribution in [3.63, 3.8) is 0 Å². The Morgan fingerprint density at radius 3 is 2.35 bits per heavy atom. The van der Waals surface area contributed by atoms with Crippen LogP contribution in [0.5, 0.6) is 5.75 Å². The number of nitrogens with zero attached hydrogens (tertiary/aromatic N) is 2. The Labute approximate surface area is 115 Å². The van der Waals surface area contributed by atoms with Crippen LogP contribution in [0.15, 0.2) is 60.8 Å². The van der Waals surface area contributed by atoms with Gasteiger partial charge in [-0.25, -0.2) is 4.68 Å². The van der Waals surface area contributed by atoms with E-state index in [9.17, 15) is 9.90 Å². The van der Waals surface area contributed by atoms with Crippen LogP contribution in [0.25, 0.3) is 16.9 Å². The Kier molecular flexibility index (Phi) is 3.05. The van der Waals surface area contributed by atoms with Gasteiger partial charge in [0.25, 0.3) is 0 Å². The molecule has 0 aliphatic carbocycles. The van der Waals surface area contributed by atoms with E-state index in [1.54, 1.807) is 35.1 Å². The molecule has 1 N–H and O–H groups in total. The van der Waals surface area contributed by atoms with E-state index in [0.29, 0.717) is 11.3 Å². The average molecular weight is 264 g/mol. The molecular weight excluding hydrogens is 252 g/mol.